The first-order chi connectivity index (χ1) is 10.0. The van der Waals surface area contributed by atoms with Crippen molar-refractivity contribution in [2.75, 3.05) is 6.54 Å². The Morgan fingerprint density at radius 3 is 2.48 bits per heavy atom. The van der Waals surface area contributed by atoms with Gasteiger partial charge in [-0.15, -0.1) is 11.3 Å². The van der Waals surface area contributed by atoms with Gasteiger partial charge in [-0.2, -0.15) is 0 Å². The number of rotatable bonds is 6. The minimum absolute atomic E-state index is 0.234. The lowest BCUT2D eigenvalue weighted by Crippen LogP contribution is -2.23. The van der Waals surface area contributed by atoms with E-state index < -0.39 is 0 Å². The van der Waals surface area contributed by atoms with Crippen LogP contribution in [0.5, 0.6) is 0 Å². The molecule has 0 aliphatic carbocycles. The Morgan fingerprint density at radius 1 is 1.29 bits per heavy atom. The average Bonchev–Trinajstić information content (AvgIpc) is 2.77. The highest BCUT2D eigenvalue weighted by Crippen LogP contribution is 2.35. The maximum atomic E-state index is 6.31. The molecule has 0 saturated carbocycles. The Balaban J connectivity index is 2.28. The van der Waals surface area contributed by atoms with Crippen LogP contribution in [0.15, 0.2) is 28.1 Å². The summed E-state index contributed by atoms with van der Waals surface area (Å²) in [4.78, 5) is 1.31. The molecule has 0 fully saturated rings. The molecule has 1 atom stereocenters. The molecule has 1 aromatic carbocycles. The van der Waals surface area contributed by atoms with Gasteiger partial charge in [0.05, 0.1) is 3.79 Å². The summed E-state index contributed by atoms with van der Waals surface area (Å²) < 4.78 is 1.19. The van der Waals surface area contributed by atoms with E-state index >= 15 is 0 Å². The number of nitrogens with one attached hydrogen (secondary N) is 1. The van der Waals surface area contributed by atoms with Crippen LogP contribution in [-0.2, 0) is 6.42 Å². The largest absolute Gasteiger partial charge is 0.309 e. The molecule has 1 heterocycles. The summed E-state index contributed by atoms with van der Waals surface area (Å²) in [6.45, 7) is 5.26. The van der Waals surface area contributed by atoms with Crippen molar-refractivity contribution < 1.29 is 0 Å². The van der Waals surface area contributed by atoms with E-state index in [9.17, 15) is 0 Å². The lowest BCUT2D eigenvalue weighted by molar-refractivity contribution is 0.536. The van der Waals surface area contributed by atoms with Crippen molar-refractivity contribution in [1.29, 1.82) is 0 Å². The van der Waals surface area contributed by atoms with Gasteiger partial charge in [0.2, 0.25) is 0 Å². The molecule has 0 aliphatic heterocycles. The monoisotopic (exact) mass is 405 g/mol. The molecule has 2 aromatic rings. The SMILES string of the molecule is CCCNC(Cc1c(Cl)cccc1Cl)c1cc(C)c(Br)s1. The summed E-state index contributed by atoms with van der Waals surface area (Å²) >= 11 is 18.0. The fourth-order valence-corrected chi connectivity index (χ4v) is 4.38. The molecular weight excluding hydrogens is 389 g/mol. The molecule has 0 saturated heterocycles. The number of hydrogen-bond acceptors (Lipinski definition) is 2. The Bertz CT molecular complexity index is 573. The van der Waals surface area contributed by atoms with E-state index in [1.54, 1.807) is 11.3 Å². The van der Waals surface area contributed by atoms with Crippen LogP contribution < -0.4 is 5.32 Å². The summed E-state index contributed by atoms with van der Waals surface area (Å²) in [7, 11) is 0. The van der Waals surface area contributed by atoms with Crippen molar-refractivity contribution in [3.05, 3.63) is 54.1 Å². The van der Waals surface area contributed by atoms with E-state index in [1.807, 2.05) is 18.2 Å². The summed E-state index contributed by atoms with van der Waals surface area (Å²) in [6.07, 6.45) is 1.89. The smallest absolute Gasteiger partial charge is 0.0731 e. The molecule has 2 rings (SSSR count). The quantitative estimate of drug-likeness (QED) is 0.584. The first-order valence-corrected chi connectivity index (χ1v) is 9.31. The van der Waals surface area contributed by atoms with Crippen molar-refractivity contribution in [1.82, 2.24) is 5.32 Å². The standard InChI is InChI=1S/C16H18BrCl2NS/c1-3-7-20-14(15-8-10(2)16(17)21-15)9-11-12(18)5-4-6-13(11)19/h4-6,8,14,20H,3,7,9H2,1-2H3. The molecule has 0 radical (unpaired) electrons. The summed E-state index contributed by atoms with van der Waals surface area (Å²) in [5.41, 5.74) is 2.28. The third-order valence-electron chi connectivity index (χ3n) is 3.33. The zero-order valence-corrected chi connectivity index (χ0v) is 16.0. The predicted octanol–water partition coefficient (Wildman–Crippen LogP) is 6.41. The third kappa shape index (κ3) is 4.46. The van der Waals surface area contributed by atoms with Gasteiger partial charge in [0, 0.05) is 21.0 Å². The van der Waals surface area contributed by atoms with Crippen LogP contribution in [0.1, 0.15) is 35.4 Å². The van der Waals surface area contributed by atoms with Gasteiger partial charge in [-0.05, 0) is 71.6 Å². The highest BCUT2D eigenvalue weighted by Gasteiger charge is 2.18. The van der Waals surface area contributed by atoms with E-state index in [-0.39, 0.29) is 6.04 Å². The van der Waals surface area contributed by atoms with Gasteiger partial charge >= 0.3 is 0 Å². The van der Waals surface area contributed by atoms with Crippen molar-refractivity contribution >= 4 is 50.5 Å². The molecule has 114 valence electrons. The molecule has 5 heteroatoms. The number of aryl methyl sites for hydroxylation is 1. The van der Waals surface area contributed by atoms with Crippen LogP contribution in [0.25, 0.3) is 0 Å². The van der Waals surface area contributed by atoms with Gasteiger partial charge in [0.1, 0.15) is 0 Å². The van der Waals surface area contributed by atoms with Gasteiger partial charge in [-0.3, -0.25) is 0 Å². The van der Waals surface area contributed by atoms with Gasteiger partial charge in [0.15, 0.2) is 0 Å². The lowest BCUT2D eigenvalue weighted by Gasteiger charge is -2.19. The van der Waals surface area contributed by atoms with Crippen LogP contribution in [0.4, 0.5) is 0 Å². The highest BCUT2D eigenvalue weighted by atomic mass is 79.9. The molecule has 1 unspecified atom stereocenters. The molecule has 1 N–H and O–H groups in total. The van der Waals surface area contributed by atoms with Gasteiger partial charge in [-0.1, -0.05) is 36.2 Å². The van der Waals surface area contributed by atoms with E-state index in [2.05, 4.69) is 41.2 Å². The second-order valence-electron chi connectivity index (χ2n) is 5.02. The maximum absolute atomic E-state index is 6.31. The molecule has 21 heavy (non-hydrogen) atoms. The summed E-state index contributed by atoms with van der Waals surface area (Å²) in [5, 5.41) is 5.07. The van der Waals surface area contributed by atoms with Crippen LogP contribution >= 0.6 is 50.5 Å². The number of thiophene rings is 1. The zero-order chi connectivity index (χ0) is 15.4. The second kappa shape index (κ2) is 7.98. The second-order valence-corrected chi connectivity index (χ2v) is 8.23. The Labute approximate surface area is 148 Å². The van der Waals surface area contributed by atoms with Gasteiger partial charge in [0.25, 0.3) is 0 Å². The van der Waals surface area contributed by atoms with Gasteiger partial charge < -0.3 is 5.32 Å². The summed E-state index contributed by atoms with van der Waals surface area (Å²) in [5.74, 6) is 0. The zero-order valence-electron chi connectivity index (χ0n) is 12.1. The number of benzene rings is 1. The van der Waals surface area contributed by atoms with Crippen molar-refractivity contribution in [3.63, 3.8) is 0 Å². The van der Waals surface area contributed by atoms with Crippen LogP contribution in [-0.4, -0.2) is 6.54 Å². The van der Waals surface area contributed by atoms with Crippen LogP contribution in [0, 0.1) is 6.92 Å². The fraction of sp³-hybridized carbons (Fsp3) is 0.375. The Hall–Kier alpha value is -0.0600. The average molecular weight is 407 g/mol. The van der Waals surface area contributed by atoms with E-state index in [4.69, 9.17) is 23.2 Å². The van der Waals surface area contributed by atoms with Crippen molar-refractivity contribution in [2.45, 2.75) is 32.7 Å². The minimum Gasteiger partial charge on any atom is -0.309 e. The van der Waals surface area contributed by atoms with Crippen molar-refractivity contribution in [3.8, 4) is 0 Å². The molecule has 0 spiro atoms. The lowest BCUT2D eigenvalue weighted by atomic mass is 10.0. The predicted molar refractivity (Wildman–Crippen MR) is 98.0 cm³/mol. The highest BCUT2D eigenvalue weighted by molar-refractivity contribution is 9.11. The number of halogens is 3. The topological polar surface area (TPSA) is 12.0 Å². The molecular formula is C16H18BrCl2NS. The number of hydrogen-bond donors (Lipinski definition) is 1. The maximum Gasteiger partial charge on any atom is 0.0731 e. The summed E-state index contributed by atoms with van der Waals surface area (Å²) in [6, 6.07) is 8.14. The van der Waals surface area contributed by atoms with E-state index in [1.165, 1.54) is 14.2 Å². The van der Waals surface area contributed by atoms with Crippen molar-refractivity contribution in [2.24, 2.45) is 0 Å². The third-order valence-corrected chi connectivity index (χ3v) is 6.29. The molecule has 0 amide bonds. The molecule has 0 aliphatic rings. The van der Waals surface area contributed by atoms with E-state index in [0.717, 1.165) is 35.0 Å². The Kier molecular flexibility index (Phi) is 6.57. The van der Waals surface area contributed by atoms with Crippen LogP contribution in [0.3, 0.4) is 0 Å². The first-order valence-electron chi connectivity index (χ1n) is 6.95. The molecule has 1 nitrogen and oxygen atoms in total. The van der Waals surface area contributed by atoms with E-state index in [0.29, 0.717) is 0 Å². The fourth-order valence-electron chi connectivity index (χ4n) is 2.18. The normalized spacial score (nSPS) is 12.6. The van der Waals surface area contributed by atoms with Crippen LogP contribution in [0.2, 0.25) is 10.0 Å². The molecule has 0 bridgehead atoms. The van der Waals surface area contributed by atoms with Gasteiger partial charge in [-0.25, -0.2) is 0 Å². The molecule has 1 aromatic heterocycles. The first kappa shape index (κ1) is 17.3. The Morgan fingerprint density at radius 2 is 1.95 bits per heavy atom. The minimum atomic E-state index is 0.234.